The first-order valence-corrected chi connectivity index (χ1v) is 10.6. The highest BCUT2D eigenvalue weighted by Gasteiger charge is 2.13. The lowest BCUT2D eigenvalue weighted by Gasteiger charge is -2.16. The Morgan fingerprint density at radius 1 is 0.900 bits per heavy atom. The lowest BCUT2D eigenvalue weighted by Crippen LogP contribution is -2.04. The minimum absolute atomic E-state index is 0.0530. The van der Waals surface area contributed by atoms with E-state index >= 15 is 0 Å². The lowest BCUT2D eigenvalue weighted by molar-refractivity contribution is 0.269. The summed E-state index contributed by atoms with van der Waals surface area (Å²) in [7, 11) is 0. The second kappa shape index (κ2) is 10.3. The minimum atomic E-state index is -0.468. The van der Waals surface area contributed by atoms with Crippen molar-refractivity contribution in [2.24, 2.45) is 0 Å². The van der Waals surface area contributed by atoms with Crippen molar-refractivity contribution in [3.63, 3.8) is 0 Å². The average Bonchev–Trinajstić information content (AvgIpc) is 2.70. The second-order valence-corrected chi connectivity index (χ2v) is 8.00. The number of halogens is 5. The van der Waals surface area contributed by atoms with Crippen molar-refractivity contribution in [2.75, 3.05) is 11.9 Å². The molecule has 3 rings (SSSR count). The van der Waals surface area contributed by atoms with Crippen LogP contribution in [-0.2, 0) is 13.2 Å². The van der Waals surface area contributed by atoms with Gasteiger partial charge in [0.15, 0.2) is 11.5 Å². The van der Waals surface area contributed by atoms with Crippen molar-refractivity contribution in [1.29, 1.82) is 0 Å². The molecule has 0 amide bonds. The SMILES string of the molecule is CCOc1cc(CNc2ccc(F)c(Cl)c2)c(Br)cc1OCc1ccc(F)cc1Cl. The van der Waals surface area contributed by atoms with Crippen molar-refractivity contribution in [1.82, 2.24) is 0 Å². The molecule has 0 aliphatic rings. The van der Waals surface area contributed by atoms with E-state index in [9.17, 15) is 8.78 Å². The molecule has 0 heterocycles. The summed E-state index contributed by atoms with van der Waals surface area (Å²) in [5, 5.41) is 3.55. The van der Waals surface area contributed by atoms with Gasteiger partial charge in [-0.3, -0.25) is 0 Å². The van der Waals surface area contributed by atoms with Crippen LogP contribution in [-0.4, -0.2) is 6.61 Å². The van der Waals surface area contributed by atoms with Gasteiger partial charge in [-0.1, -0.05) is 45.2 Å². The van der Waals surface area contributed by atoms with Gasteiger partial charge in [0.2, 0.25) is 0 Å². The maximum absolute atomic E-state index is 13.3. The van der Waals surface area contributed by atoms with Crippen LogP contribution < -0.4 is 14.8 Å². The van der Waals surface area contributed by atoms with E-state index in [2.05, 4.69) is 21.2 Å². The Kier molecular flexibility index (Phi) is 7.81. The molecule has 0 aliphatic carbocycles. The Balaban J connectivity index is 1.76. The molecule has 0 saturated heterocycles. The van der Waals surface area contributed by atoms with E-state index in [-0.39, 0.29) is 11.6 Å². The zero-order valence-corrected chi connectivity index (χ0v) is 19.0. The molecule has 0 saturated carbocycles. The number of hydrogen-bond acceptors (Lipinski definition) is 3. The van der Waals surface area contributed by atoms with Crippen LogP contribution in [0.1, 0.15) is 18.1 Å². The van der Waals surface area contributed by atoms with Gasteiger partial charge in [0.05, 0.1) is 16.7 Å². The van der Waals surface area contributed by atoms with Gasteiger partial charge in [0.25, 0.3) is 0 Å². The molecule has 0 aromatic heterocycles. The summed E-state index contributed by atoms with van der Waals surface area (Å²) < 4.78 is 39.0. The van der Waals surface area contributed by atoms with Gasteiger partial charge in [-0.2, -0.15) is 0 Å². The number of rotatable bonds is 8. The molecule has 0 aliphatic heterocycles. The number of hydrogen-bond donors (Lipinski definition) is 1. The summed E-state index contributed by atoms with van der Waals surface area (Å²) in [6.07, 6.45) is 0. The quantitative estimate of drug-likeness (QED) is 0.334. The van der Waals surface area contributed by atoms with E-state index in [1.165, 1.54) is 24.3 Å². The van der Waals surface area contributed by atoms with Crippen LogP contribution >= 0.6 is 39.1 Å². The average molecular weight is 517 g/mol. The third kappa shape index (κ3) is 5.78. The van der Waals surface area contributed by atoms with Gasteiger partial charge in [-0.25, -0.2) is 8.78 Å². The molecule has 0 radical (unpaired) electrons. The first-order chi connectivity index (χ1) is 14.4. The van der Waals surface area contributed by atoms with Crippen LogP contribution in [0.5, 0.6) is 11.5 Å². The molecule has 8 heteroatoms. The van der Waals surface area contributed by atoms with E-state index in [1.807, 2.05) is 13.0 Å². The third-order valence-electron chi connectivity index (χ3n) is 4.21. The van der Waals surface area contributed by atoms with Crippen molar-refractivity contribution < 1.29 is 18.3 Å². The van der Waals surface area contributed by atoms with Crippen LogP contribution in [0.25, 0.3) is 0 Å². The largest absolute Gasteiger partial charge is 0.490 e. The predicted molar refractivity (Wildman–Crippen MR) is 120 cm³/mol. The highest BCUT2D eigenvalue weighted by molar-refractivity contribution is 9.10. The minimum Gasteiger partial charge on any atom is -0.490 e. The first kappa shape index (κ1) is 22.7. The van der Waals surface area contributed by atoms with E-state index in [4.69, 9.17) is 32.7 Å². The molecule has 158 valence electrons. The second-order valence-electron chi connectivity index (χ2n) is 6.33. The van der Waals surface area contributed by atoms with Crippen LogP contribution in [0.4, 0.5) is 14.5 Å². The van der Waals surface area contributed by atoms with Crippen molar-refractivity contribution in [2.45, 2.75) is 20.1 Å². The molecule has 0 atom stereocenters. The summed E-state index contributed by atoms with van der Waals surface area (Å²) in [5.41, 5.74) is 2.26. The zero-order valence-electron chi connectivity index (χ0n) is 15.9. The Hall–Kier alpha value is -2.02. The summed E-state index contributed by atoms with van der Waals surface area (Å²) in [5.74, 6) is 0.219. The standard InChI is InChI=1S/C22H18BrCl2F2NO2/c1-2-29-21-7-14(11-28-16-5-6-20(27)19(25)9-16)17(23)10-22(21)30-12-13-3-4-15(26)8-18(13)24/h3-10,28H,2,11-12H2,1H3. The fraction of sp³-hybridized carbons (Fsp3) is 0.182. The van der Waals surface area contributed by atoms with Crippen LogP contribution in [0.2, 0.25) is 10.0 Å². The van der Waals surface area contributed by atoms with Crippen molar-refractivity contribution in [3.05, 3.63) is 85.8 Å². The third-order valence-corrected chi connectivity index (χ3v) is 5.59. The Morgan fingerprint density at radius 2 is 1.67 bits per heavy atom. The number of ether oxygens (including phenoxy) is 2. The van der Waals surface area contributed by atoms with Gasteiger partial charge in [0, 0.05) is 22.3 Å². The first-order valence-electron chi connectivity index (χ1n) is 9.08. The van der Waals surface area contributed by atoms with Crippen LogP contribution in [0, 0.1) is 11.6 Å². The molecular weight excluding hydrogens is 499 g/mol. The van der Waals surface area contributed by atoms with Crippen LogP contribution in [0.15, 0.2) is 53.0 Å². The maximum Gasteiger partial charge on any atom is 0.162 e. The number of nitrogens with one attached hydrogen (secondary N) is 1. The summed E-state index contributed by atoms with van der Waals surface area (Å²) >= 11 is 15.4. The predicted octanol–water partition coefficient (Wildman–Crippen LogP) is 7.62. The molecule has 0 unspecified atom stereocenters. The topological polar surface area (TPSA) is 30.5 Å². The monoisotopic (exact) mass is 515 g/mol. The number of anilines is 1. The Bertz CT molecular complexity index is 1050. The van der Waals surface area contributed by atoms with Gasteiger partial charge in [0.1, 0.15) is 18.2 Å². The number of benzene rings is 3. The molecule has 0 spiro atoms. The Labute approximate surface area is 192 Å². The molecule has 3 nitrogen and oxygen atoms in total. The van der Waals surface area contributed by atoms with Gasteiger partial charge in [-0.05, 0) is 55.0 Å². The summed E-state index contributed by atoms with van der Waals surface area (Å²) in [6.45, 7) is 2.95. The van der Waals surface area contributed by atoms with Crippen molar-refractivity contribution >= 4 is 44.8 Å². The van der Waals surface area contributed by atoms with E-state index in [1.54, 1.807) is 18.2 Å². The molecule has 3 aromatic carbocycles. The molecule has 3 aromatic rings. The maximum atomic E-state index is 13.3. The molecule has 1 N–H and O–H groups in total. The van der Waals surface area contributed by atoms with Crippen LogP contribution in [0.3, 0.4) is 0 Å². The Morgan fingerprint density at radius 3 is 2.37 bits per heavy atom. The van der Waals surface area contributed by atoms with E-state index < -0.39 is 11.6 Å². The van der Waals surface area contributed by atoms with Gasteiger partial charge < -0.3 is 14.8 Å². The van der Waals surface area contributed by atoms with Crippen molar-refractivity contribution in [3.8, 4) is 11.5 Å². The molecular formula is C22H18BrCl2F2NO2. The summed E-state index contributed by atoms with van der Waals surface area (Å²) in [6, 6.07) is 12.3. The van der Waals surface area contributed by atoms with Gasteiger partial charge >= 0.3 is 0 Å². The highest BCUT2D eigenvalue weighted by Crippen LogP contribution is 2.35. The molecule has 0 bridgehead atoms. The molecule has 0 fully saturated rings. The normalized spacial score (nSPS) is 10.7. The smallest absolute Gasteiger partial charge is 0.162 e. The lowest BCUT2D eigenvalue weighted by atomic mass is 10.2. The van der Waals surface area contributed by atoms with E-state index in [0.717, 1.165) is 10.0 Å². The van der Waals surface area contributed by atoms with E-state index in [0.29, 0.717) is 40.9 Å². The molecule has 30 heavy (non-hydrogen) atoms. The highest BCUT2D eigenvalue weighted by atomic mass is 79.9. The zero-order chi connectivity index (χ0) is 21.7. The summed E-state index contributed by atoms with van der Waals surface area (Å²) in [4.78, 5) is 0. The van der Waals surface area contributed by atoms with Gasteiger partial charge in [-0.15, -0.1) is 0 Å². The fourth-order valence-electron chi connectivity index (χ4n) is 2.69. The fourth-order valence-corrected chi connectivity index (χ4v) is 3.56.